The van der Waals surface area contributed by atoms with Crippen molar-refractivity contribution in [2.24, 2.45) is 0 Å². The third-order valence-corrected chi connectivity index (χ3v) is 10.4. The summed E-state index contributed by atoms with van der Waals surface area (Å²) < 4.78 is 6.67. The van der Waals surface area contributed by atoms with Crippen molar-refractivity contribution in [1.29, 1.82) is 0 Å². The van der Waals surface area contributed by atoms with E-state index in [2.05, 4.69) is 85.9 Å². The van der Waals surface area contributed by atoms with E-state index in [0.29, 0.717) is 0 Å². The van der Waals surface area contributed by atoms with Crippen molar-refractivity contribution in [3.8, 4) is 0 Å². The van der Waals surface area contributed by atoms with Crippen molar-refractivity contribution in [1.82, 2.24) is 0 Å². The topological polar surface area (TPSA) is 9.23 Å². The average Bonchev–Trinajstić information content (AvgIpc) is 3.24. The van der Waals surface area contributed by atoms with Gasteiger partial charge in [-0.1, -0.05) is 0 Å². The van der Waals surface area contributed by atoms with Gasteiger partial charge in [0, 0.05) is 0 Å². The Labute approximate surface area is 167 Å². The molecule has 2 atom stereocenters. The van der Waals surface area contributed by atoms with Crippen LogP contribution >= 0.6 is 8.51 Å². The fourth-order valence-corrected chi connectivity index (χ4v) is 11.0. The quantitative estimate of drug-likeness (QED) is 0.551. The minimum absolute atomic E-state index is 0.194. The van der Waals surface area contributed by atoms with Gasteiger partial charge in [0.05, 0.1) is 0 Å². The van der Waals surface area contributed by atoms with Gasteiger partial charge in [-0.15, -0.1) is 0 Å². The average molecular weight is 444 g/mol. The number of hydrogen-bond donors (Lipinski definition) is 0. The molecular weight excluding hydrogens is 423 g/mol. The van der Waals surface area contributed by atoms with Crippen molar-refractivity contribution >= 4 is 29.5 Å². The van der Waals surface area contributed by atoms with Gasteiger partial charge in [0.25, 0.3) is 0 Å². The molecular formula is C21H21ClOSiZr. The van der Waals surface area contributed by atoms with E-state index in [0.717, 1.165) is 0 Å². The Morgan fingerprint density at radius 3 is 1.80 bits per heavy atom. The molecule has 0 bridgehead atoms. The van der Waals surface area contributed by atoms with Gasteiger partial charge in [-0.3, -0.25) is 0 Å². The van der Waals surface area contributed by atoms with Gasteiger partial charge in [-0.05, 0) is 0 Å². The third kappa shape index (κ3) is 2.80. The van der Waals surface area contributed by atoms with Gasteiger partial charge in [0.15, 0.2) is 0 Å². The van der Waals surface area contributed by atoms with E-state index in [1.807, 2.05) is 0 Å². The molecule has 2 aliphatic rings. The van der Waals surface area contributed by atoms with Gasteiger partial charge >= 0.3 is 168 Å². The molecule has 2 aromatic carbocycles. The Morgan fingerprint density at radius 2 is 1.36 bits per heavy atom. The predicted molar refractivity (Wildman–Crippen MR) is 105 cm³/mol. The SMILES string of the molecule is C[SiH](C)C([O][Zr][Cl])(C1C=Cc2ccccc21)C1C=Cc2ccccc21. The zero-order chi connectivity index (χ0) is 17.4. The van der Waals surface area contributed by atoms with Crippen LogP contribution in [-0.2, 0) is 25.3 Å². The van der Waals surface area contributed by atoms with Crippen LogP contribution in [0.1, 0.15) is 34.1 Å². The predicted octanol–water partition coefficient (Wildman–Crippen LogP) is 5.54. The minimum atomic E-state index is -1.35. The Balaban J connectivity index is 1.88. The standard InChI is InChI=1S/C21H21OSi.ClH.Zr/c1-23(2)21(22,19-13-11-15-7-3-5-9-17(15)19)20-14-12-16-8-4-6-10-18(16)20;;/h3-14,19-20,23H,1-2H3;1H;/q-1;;+2/p-1. The summed E-state index contributed by atoms with van der Waals surface area (Å²) in [4.78, 5) is 0. The maximum absolute atomic E-state index is 6.67. The summed E-state index contributed by atoms with van der Waals surface area (Å²) >= 11 is -1.35. The second-order valence-electron chi connectivity index (χ2n) is 7.12. The molecule has 126 valence electrons. The van der Waals surface area contributed by atoms with E-state index in [1.165, 1.54) is 22.3 Å². The van der Waals surface area contributed by atoms with Gasteiger partial charge < -0.3 is 0 Å². The second kappa shape index (κ2) is 7.12. The normalized spacial score (nSPS) is 22.7. The molecule has 25 heavy (non-hydrogen) atoms. The van der Waals surface area contributed by atoms with E-state index in [-0.39, 0.29) is 17.1 Å². The fourth-order valence-electron chi connectivity index (χ4n) is 4.51. The molecule has 2 aliphatic carbocycles. The number of rotatable bonds is 5. The van der Waals surface area contributed by atoms with E-state index in [4.69, 9.17) is 11.3 Å². The number of hydrogen-bond acceptors (Lipinski definition) is 1. The van der Waals surface area contributed by atoms with Crippen LogP contribution in [-0.4, -0.2) is 14.0 Å². The first-order valence-corrected chi connectivity index (χ1v) is 15.8. The van der Waals surface area contributed by atoms with Crippen LogP contribution in [0.4, 0.5) is 0 Å². The fraction of sp³-hybridized carbons (Fsp3) is 0.238. The molecule has 0 radical (unpaired) electrons. The molecule has 0 spiro atoms. The number of benzene rings is 2. The summed E-state index contributed by atoms with van der Waals surface area (Å²) in [5, 5.41) is -0.194. The molecule has 1 nitrogen and oxygen atoms in total. The molecule has 0 aromatic heterocycles. The van der Waals surface area contributed by atoms with Crippen molar-refractivity contribution < 1.29 is 25.3 Å². The third-order valence-electron chi connectivity index (χ3n) is 5.69. The molecule has 4 rings (SSSR count). The van der Waals surface area contributed by atoms with Crippen LogP contribution < -0.4 is 0 Å². The molecule has 0 aliphatic heterocycles. The van der Waals surface area contributed by atoms with E-state index >= 15 is 0 Å². The van der Waals surface area contributed by atoms with Crippen LogP contribution in [0.2, 0.25) is 13.1 Å². The zero-order valence-corrected chi connectivity index (χ0v) is 18.8. The summed E-state index contributed by atoms with van der Waals surface area (Å²) in [6.45, 7) is 4.82. The monoisotopic (exact) mass is 442 g/mol. The summed E-state index contributed by atoms with van der Waals surface area (Å²) in [6.07, 6.45) is 9.24. The number of halogens is 1. The Bertz CT molecular complexity index is 784. The molecule has 2 aromatic rings. The number of fused-ring (bicyclic) bond motifs is 2. The van der Waals surface area contributed by atoms with E-state index in [1.54, 1.807) is 0 Å². The molecule has 2 unspecified atom stereocenters. The first-order valence-electron chi connectivity index (χ1n) is 8.76. The molecule has 0 fully saturated rings. The molecule has 0 N–H and O–H groups in total. The van der Waals surface area contributed by atoms with Gasteiger partial charge in [0.2, 0.25) is 0 Å². The van der Waals surface area contributed by atoms with Crippen molar-refractivity contribution in [2.75, 3.05) is 0 Å². The van der Waals surface area contributed by atoms with Crippen LogP contribution in [0.15, 0.2) is 60.7 Å². The van der Waals surface area contributed by atoms with Gasteiger partial charge in [0.1, 0.15) is 0 Å². The van der Waals surface area contributed by atoms with E-state index in [9.17, 15) is 0 Å². The Morgan fingerprint density at radius 1 is 0.880 bits per heavy atom. The Kier molecular flexibility index (Phi) is 5.03. The molecule has 4 heteroatoms. The molecule has 0 amide bonds. The first kappa shape index (κ1) is 17.7. The summed E-state index contributed by atoms with van der Waals surface area (Å²) in [6, 6.07) is 17.5. The van der Waals surface area contributed by atoms with Crippen LogP contribution in [0.25, 0.3) is 12.2 Å². The summed E-state index contributed by atoms with van der Waals surface area (Å²) in [5.74, 6) is 0.576. The first-order chi connectivity index (χ1) is 12.2. The van der Waals surface area contributed by atoms with Crippen LogP contribution in [0.3, 0.4) is 0 Å². The van der Waals surface area contributed by atoms with E-state index < -0.39 is 31.3 Å². The van der Waals surface area contributed by atoms with Crippen molar-refractivity contribution in [3.63, 3.8) is 0 Å². The molecule has 0 saturated carbocycles. The van der Waals surface area contributed by atoms with Gasteiger partial charge in [-0.2, -0.15) is 0 Å². The van der Waals surface area contributed by atoms with Crippen molar-refractivity contribution in [3.05, 3.63) is 82.9 Å². The van der Waals surface area contributed by atoms with Crippen LogP contribution in [0, 0.1) is 0 Å². The van der Waals surface area contributed by atoms with Gasteiger partial charge in [-0.25, -0.2) is 0 Å². The zero-order valence-electron chi connectivity index (χ0n) is 14.4. The van der Waals surface area contributed by atoms with Crippen LogP contribution in [0.5, 0.6) is 0 Å². The Hall–Kier alpha value is -0.730. The van der Waals surface area contributed by atoms with Crippen molar-refractivity contribution in [2.45, 2.75) is 30.2 Å². The summed E-state index contributed by atoms with van der Waals surface area (Å²) in [7, 11) is 5.13. The molecule has 0 heterocycles. The second-order valence-corrected chi connectivity index (χ2v) is 12.1. The maximum atomic E-state index is 6.67. The molecule has 0 saturated heterocycles. The summed E-state index contributed by atoms with van der Waals surface area (Å²) in [5.41, 5.74) is 5.44.